The summed E-state index contributed by atoms with van der Waals surface area (Å²) in [6.45, 7) is 2.23. The highest BCUT2D eigenvalue weighted by Gasteiger charge is 2.16. The number of amides is 1. The average molecular weight is 473 g/mol. The van der Waals surface area contributed by atoms with Crippen molar-refractivity contribution in [3.05, 3.63) is 53.9 Å². The third-order valence-electron chi connectivity index (χ3n) is 6.24. The number of fused-ring (bicyclic) bond motifs is 1. The minimum atomic E-state index is 0.189. The second-order valence-electron chi connectivity index (χ2n) is 8.62. The van der Waals surface area contributed by atoms with Crippen molar-refractivity contribution in [1.82, 2.24) is 30.0 Å². The molecule has 1 amide bonds. The predicted molar refractivity (Wildman–Crippen MR) is 132 cm³/mol. The minimum Gasteiger partial charge on any atom is -0.497 e. The van der Waals surface area contributed by atoms with E-state index in [0.717, 1.165) is 53.8 Å². The van der Waals surface area contributed by atoms with Crippen molar-refractivity contribution < 1.29 is 14.1 Å². The second kappa shape index (κ2) is 10.5. The van der Waals surface area contributed by atoms with Crippen LogP contribution >= 0.6 is 0 Å². The van der Waals surface area contributed by atoms with Crippen molar-refractivity contribution in [2.45, 2.75) is 38.6 Å². The van der Waals surface area contributed by atoms with Crippen LogP contribution in [-0.2, 0) is 11.3 Å². The molecule has 0 aliphatic carbocycles. The molecule has 1 aliphatic heterocycles. The summed E-state index contributed by atoms with van der Waals surface area (Å²) in [5.74, 6) is 1.88. The van der Waals surface area contributed by atoms with Gasteiger partial charge in [-0.15, -0.1) is 5.10 Å². The Morgan fingerprint density at radius 2 is 1.86 bits per heavy atom. The van der Waals surface area contributed by atoms with E-state index in [1.165, 1.54) is 12.8 Å². The summed E-state index contributed by atoms with van der Waals surface area (Å²) in [6, 6.07) is 13.4. The third kappa shape index (κ3) is 5.40. The molecule has 1 aliphatic rings. The molecular formula is C26H28N6O3. The number of nitrogens with zero attached hydrogens (tertiary/aromatic N) is 6. The first-order valence-corrected chi connectivity index (χ1v) is 12.0. The van der Waals surface area contributed by atoms with Crippen molar-refractivity contribution >= 4 is 29.1 Å². The Kier molecular flexibility index (Phi) is 6.83. The number of hydrogen-bond donors (Lipinski definition) is 0. The smallest absolute Gasteiger partial charge is 0.250 e. The molecule has 0 radical (unpaired) electrons. The number of hydrogen-bond acceptors (Lipinski definition) is 7. The monoisotopic (exact) mass is 472 g/mol. The van der Waals surface area contributed by atoms with Crippen molar-refractivity contribution in [2.75, 3.05) is 20.2 Å². The SMILES string of the molecule is COc1ccc(/C=C/c2nc(-c3ccc4c(c3)nnn4CCC(=O)N3CCCCCC3)no2)cc1. The van der Waals surface area contributed by atoms with Gasteiger partial charge in [-0.05, 0) is 54.8 Å². The first-order chi connectivity index (χ1) is 17.2. The summed E-state index contributed by atoms with van der Waals surface area (Å²) in [5, 5.41) is 12.6. The van der Waals surface area contributed by atoms with Crippen LogP contribution in [0.15, 0.2) is 47.0 Å². The van der Waals surface area contributed by atoms with E-state index in [4.69, 9.17) is 9.26 Å². The van der Waals surface area contributed by atoms with Crippen LogP contribution in [0.4, 0.5) is 0 Å². The number of likely N-dealkylation sites (tertiary alicyclic amines) is 1. The van der Waals surface area contributed by atoms with E-state index < -0.39 is 0 Å². The first-order valence-electron chi connectivity index (χ1n) is 12.0. The zero-order valence-corrected chi connectivity index (χ0v) is 19.8. The van der Waals surface area contributed by atoms with Crippen LogP contribution in [0.3, 0.4) is 0 Å². The van der Waals surface area contributed by atoms with Gasteiger partial charge < -0.3 is 14.2 Å². The van der Waals surface area contributed by atoms with Crippen LogP contribution in [0, 0.1) is 0 Å². The van der Waals surface area contributed by atoms with Crippen molar-refractivity contribution in [2.24, 2.45) is 0 Å². The van der Waals surface area contributed by atoms with Gasteiger partial charge in [-0.25, -0.2) is 4.68 Å². The van der Waals surface area contributed by atoms with E-state index in [1.54, 1.807) is 17.9 Å². The van der Waals surface area contributed by atoms with E-state index >= 15 is 0 Å². The predicted octanol–water partition coefficient (Wildman–Crippen LogP) is 4.45. The number of rotatable bonds is 7. The van der Waals surface area contributed by atoms with Gasteiger partial charge in [-0.3, -0.25) is 4.79 Å². The molecule has 4 aromatic rings. The van der Waals surface area contributed by atoms with Gasteiger partial charge in [0, 0.05) is 31.1 Å². The summed E-state index contributed by atoms with van der Waals surface area (Å²) in [6.07, 6.45) is 8.70. The van der Waals surface area contributed by atoms with Crippen LogP contribution in [0.25, 0.3) is 34.6 Å². The summed E-state index contributed by atoms with van der Waals surface area (Å²) in [7, 11) is 1.64. The number of ether oxygens (including phenoxy) is 1. The van der Waals surface area contributed by atoms with Gasteiger partial charge in [0.1, 0.15) is 11.3 Å². The minimum absolute atomic E-state index is 0.189. The quantitative estimate of drug-likeness (QED) is 0.392. The number of benzene rings is 2. The lowest BCUT2D eigenvalue weighted by Gasteiger charge is -2.20. The summed E-state index contributed by atoms with van der Waals surface area (Å²) in [4.78, 5) is 19.1. The molecule has 1 fully saturated rings. The van der Waals surface area contributed by atoms with E-state index in [9.17, 15) is 4.79 Å². The molecule has 0 N–H and O–H groups in total. The summed E-state index contributed by atoms with van der Waals surface area (Å²) in [5.41, 5.74) is 3.39. The average Bonchev–Trinajstić information content (AvgIpc) is 3.44. The fourth-order valence-electron chi connectivity index (χ4n) is 4.26. The molecule has 2 aromatic carbocycles. The molecule has 180 valence electrons. The molecule has 2 aromatic heterocycles. The standard InChI is InChI=1S/C26H28N6O3/c1-34-21-10-6-19(7-11-21)8-13-24-27-26(29-35-24)20-9-12-23-22(18-20)28-30-32(23)17-14-25(33)31-15-4-2-3-5-16-31/h6-13,18H,2-5,14-17H2,1H3/b13-8+. The lowest BCUT2D eigenvalue weighted by atomic mass is 10.2. The number of methoxy groups -OCH3 is 1. The number of aromatic nitrogens is 5. The van der Waals surface area contributed by atoms with E-state index in [2.05, 4.69) is 20.5 Å². The van der Waals surface area contributed by atoms with Gasteiger partial charge in [0.15, 0.2) is 0 Å². The van der Waals surface area contributed by atoms with Crippen LogP contribution in [-0.4, -0.2) is 56.1 Å². The van der Waals surface area contributed by atoms with Gasteiger partial charge >= 0.3 is 0 Å². The number of carbonyl (C=O) groups excluding carboxylic acids is 1. The number of carbonyl (C=O) groups is 1. The Balaban J connectivity index is 1.24. The zero-order chi connectivity index (χ0) is 24.0. The molecule has 3 heterocycles. The Labute approximate surface area is 203 Å². The lowest BCUT2D eigenvalue weighted by Crippen LogP contribution is -2.32. The molecule has 0 bridgehead atoms. The molecule has 9 nitrogen and oxygen atoms in total. The van der Waals surface area contributed by atoms with E-state index in [1.807, 2.05) is 53.4 Å². The zero-order valence-electron chi connectivity index (χ0n) is 19.8. The summed E-state index contributed by atoms with van der Waals surface area (Å²) < 4.78 is 12.3. The van der Waals surface area contributed by atoms with Crippen LogP contribution in [0.1, 0.15) is 43.6 Å². The van der Waals surface area contributed by atoms with Gasteiger partial charge in [0.05, 0.1) is 19.2 Å². The molecule has 0 spiro atoms. The van der Waals surface area contributed by atoms with Crippen molar-refractivity contribution in [1.29, 1.82) is 0 Å². The highest BCUT2D eigenvalue weighted by atomic mass is 16.5. The highest BCUT2D eigenvalue weighted by molar-refractivity contribution is 5.80. The summed E-state index contributed by atoms with van der Waals surface area (Å²) >= 11 is 0. The van der Waals surface area contributed by atoms with Crippen LogP contribution in [0.5, 0.6) is 5.75 Å². The fraction of sp³-hybridized carbons (Fsp3) is 0.346. The highest BCUT2D eigenvalue weighted by Crippen LogP contribution is 2.22. The third-order valence-corrected chi connectivity index (χ3v) is 6.24. The molecule has 1 saturated heterocycles. The lowest BCUT2D eigenvalue weighted by molar-refractivity contribution is -0.131. The van der Waals surface area contributed by atoms with Gasteiger partial charge in [-0.2, -0.15) is 4.98 Å². The van der Waals surface area contributed by atoms with E-state index in [0.29, 0.717) is 24.7 Å². The van der Waals surface area contributed by atoms with Gasteiger partial charge in [0.2, 0.25) is 11.7 Å². The largest absolute Gasteiger partial charge is 0.497 e. The maximum absolute atomic E-state index is 12.6. The normalized spacial score (nSPS) is 14.5. The van der Waals surface area contributed by atoms with E-state index in [-0.39, 0.29) is 5.91 Å². The second-order valence-corrected chi connectivity index (χ2v) is 8.62. The van der Waals surface area contributed by atoms with Crippen molar-refractivity contribution in [3.63, 3.8) is 0 Å². The molecule has 5 rings (SSSR count). The fourth-order valence-corrected chi connectivity index (χ4v) is 4.26. The Morgan fingerprint density at radius 3 is 2.63 bits per heavy atom. The molecule has 35 heavy (non-hydrogen) atoms. The molecular weight excluding hydrogens is 444 g/mol. The Bertz CT molecular complexity index is 1320. The topological polar surface area (TPSA) is 99.2 Å². The molecule has 0 atom stereocenters. The number of aryl methyl sites for hydroxylation is 1. The van der Waals surface area contributed by atoms with Crippen molar-refractivity contribution in [3.8, 4) is 17.1 Å². The van der Waals surface area contributed by atoms with Gasteiger partial charge in [-0.1, -0.05) is 35.3 Å². The van der Waals surface area contributed by atoms with Crippen LogP contribution in [0.2, 0.25) is 0 Å². The Morgan fingerprint density at radius 1 is 1.06 bits per heavy atom. The van der Waals surface area contributed by atoms with Crippen LogP contribution < -0.4 is 4.74 Å². The Hall–Kier alpha value is -4.01. The maximum Gasteiger partial charge on any atom is 0.250 e. The van der Waals surface area contributed by atoms with Gasteiger partial charge in [0.25, 0.3) is 5.89 Å². The molecule has 9 heteroatoms. The molecule has 0 unspecified atom stereocenters. The molecule has 0 saturated carbocycles. The maximum atomic E-state index is 12.6. The first kappa shape index (κ1) is 22.8.